The number of carboxylic acids is 1. The quantitative estimate of drug-likeness (QED) is 0.780. The first-order valence-corrected chi connectivity index (χ1v) is 7.82. The predicted octanol–water partition coefficient (Wildman–Crippen LogP) is 2.44. The Balaban J connectivity index is 1.66. The van der Waals surface area contributed by atoms with E-state index in [0.717, 1.165) is 12.8 Å². The zero-order valence-corrected chi connectivity index (χ0v) is 12.7. The molecule has 1 saturated carbocycles. The van der Waals surface area contributed by atoms with Crippen LogP contribution in [0.3, 0.4) is 0 Å². The van der Waals surface area contributed by atoms with Crippen LogP contribution in [0.2, 0.25) is 0 Å². The number of nitrogens with zero attached hydrogens (tertiary/aromatic N) is 1. The van der Waals surface area contributed by atoms with E-state index in [1.165, 1.54) is 23.5 Å². The van der Waals surface area contributed by atoms with E-state index in [9.17, 15) is 14.4 Å². The van der Waals surface area contributed by atoms with Crippen molar-refractivity contribution in [3.05, 3.63) is 40.9 Å². The molecule has 1 aliphatic carbocycles. The van der Waals surface area contributed by atoms with Crippen LogP contribution >= 0.6 is 11.3 Å². The molecule has 23 heavy (non-hydrogen) atoms. The number of anilines is 2. The van der Waals surface area contributed by atoms with Gasteiger partial charge in [-0.3, -0.25) is 9.59 Å². The number of aromatic nitrogens is 1. The number of hydrogen-bond donors (Lipinski definition) is 3. The molecule has 3 rings (SSSR count). The first-order valence-electron chi connectivity index (χ1n) is 6.94. The molecule has 1 heterocycles. The van der Waals surface area contributed by atoms with Crippen LogP contribution in [-0.4, -0.2) is 27.9 Å². The van der Waals surface area contributed by atoms with Crippen LogP contribution in [0.15, 0.2) is 29.6 Å². The lowest BCUT2D eigenvalue weighted by Gasteiger charge is -2.04. The fraction of sp³-hybridized carbons (Fsp3) is 0.200. The summed E-state index contributed by atoms with van der Waals surface area (Å²) in [5.74, 6) is -1.54. The molecule has 2 amide bonds. The number of carbonyl (C=O) groups is 3. The molecular weight excluding hydrogens is 318 g/mol. The lowest BCUT2D eigenvalue weighted by molar-refractivity contribution is -0.117. The second-order valence-electron chi connectivity index (χ2n) is 5.14. The van der Waals surface area contributed by atoms with Crippen LogP contribution in [0.5, 0.6) is 0 Å². The summed E-state index contributed by atoms with van der Waals surface area (Å²) < 4.78 is 0. The SMILES string of the molecule is O=C(O)c1cccc(NC(=O)c2csc(NC(=O)C3CC3)n2)c1. The number of thiazole rings is 1. The van der Waals surface area contributed by atoms with Crippen LogP contribution in [0, 0.1) is 5.92 Å². The Bertz CT molecular complexity index is 783. The average Bonchev–Trinajstić information content (AvgIpc) is 3.27. The highest BCUT2D eigenvalue weighted by atomic mass is 32.1. The number of carboxylic acid groups (broad SMARTS) is 1. The lowest BCUT2D eigenvalue weighted by atomic mass is 10.2. The Morgan fingerprint density at radius 3 is 2.70 bits per heavy atom. The fourth-order valence-electron chi connectivity index (χ4n) is 1.91. The Kier molecular flexibility index (Phi) is 4.07. The van der Waals surface area contributed by atoms with E-state index < -0.39 is 11.9 Å². The van der Waals surface area contributed by atoms with Crippen molar-refractivity contribution in [1.82, 2.24) is 4.98 Å². The molecule has 3 N–H and O–H groups in total. The third-order valence-corrected chi connectivity index (χ3v) is 4.04. The highest BCUT2D eigenvalue weighted by Gasteiger charge is 2.30. The molecule has 0 atom stereocenters. The maximum atomic E-state index is 12.1. The number of amides is 2. The molecule has 2 aromatic rings. The van der Waals surface area contributed by atoms with Crippen molar-refractivity contribution >= 4 is 39.9 Å². The third kappa shape index (κ3) is 3.72. The number of aromatic carboxylic acids is 1. The molecule has 0 saturated heterocycles. The van der Waals surface area contributed by atoms with Crippen LogP contribution in [0.1, 0.15) is 33.7 Å². The average molecular weight is 331 g/mol. The van der Waals surface area contributed by atoms with Crippen molar-refractivity contribution in [3.63, 3.8) is 0 Å². The number of hydrogen-bond acceptors (Lipinski definition) is 5. The maximum absolute atomic E-state index is 12.1. The zero-order chi connectivity index (χ0) is 16.4. The summed E-state index contributed by atoms with van der Waals surface area (Å²) in [7, 11) is 0. The summed E-state index contributed by atoms with van der Waals surface area (Å²) in [6, 6.07) is 5.93. The van der Waals surface area contributed by atoms with Gasteiger partial charge in [-0.25, -0.2) is 9.78 Å². The highest BCUT2D eigenvalue weighted by Crippen LogP contribution is 2.30. The van der Waals surface area contributed by atoms with Gasteiger partial charge in [0.25, 0.3) is 5.91 Å². The monoisotopic (exact) mass is 331 g/mol. The van der Waals surface area contributed by atoms with E-state index >= 15 is 0 Å². The summed E-state index contributed by atoms with van der Waals surface area (Å²) in [5.41, 5.74) is 0.617. The maximum Gasteiger partial charge on any atom is 0.335 e. The molecule has 0 bridgehead atoms. The standard InChI is InChI=1S/C15H13N3O4S/c19-12(8-4-5-8)18-15-17-11(7-23-15)13(20)16-10-3-1-2-9(6-10)14(21)22/h1-3,6-8H,4-5H2,(H,16,20)(H,21,22)(H,17,18,19). The number of benzene rings is 1. The second kappa shape index (κ2) is 6.17. The van der Waals surface area contributed by atoms with Gasteiger partial charge in [0.15, 0.2) is 5.13 Å². The van der Waals surface area contributed by atoms with Crippen molar-refractivity contribution in [2.75, 3.05) is 10.6 Å². The van der Waals surface area contributed by atoms with E-state index in [4.69, 9.17) is 5.11 Å². The normalized spacial score (nSPS) is 13.4. The van der Waals surface area contributed by atoms with Gasteiger partial charge in [-0.05, 0) is 31.0 Å². The van der Waals surface area contributed by atoms with Crippen LogP contribution in [0.25, 0.3) is 0 Å². The van der Waals surface area contributed by atoms with E-state index in [-0.39, 0.29) is 23.1 Å². The summed E-state index contributed by atoms with van der Waals surface area (Å²) in [6.45, 7) is 0. The minimum Gasteiger partial charge on any atom is -0.478 e. The highest BCUT2D eigenvalue weighted by molar-refractivity contribution is 7.14. The van der Waals surface area contributed by atoms with Gasteiger partial charge in [-0.15, -0.1) is 11.3 Å². The van der Waals surface area contributed by atoms with Gasteiger partial charge in [-0.1, -0.05) is 6.07 Å². The molecule has 1 fully saturated rings. The van der Waals surface area contributed by atoms with Crippen molar-refractivity contribution in [2.24, 2.45) is 5.92 Å². The largest absolute Gasteiger partial charge is 0.478 e. The first kappa shape index (κ1) is 15.2. The molecule has 1 aromatic heterocycles. The van der Waals surface area contributed by atoms with Gasteiger partial charge in [0.2, 0.25) is 5.91 Å². The van der Waals surface area contributed by atoms with Crippen LogP contribution < -0.4 is 10.6 Å². The van der Waals surface area contributed by atoms with Gasteiger partial charge in [-0.2, -0.15) is 0 Å². The topological polar surface area (TPSA) is 108 Å². The predicted molar refractivity (Wildman–Crippen MR) is 84.8 cm³/mol. The van der Waals surface area contributed by atoms with Gasteiger partial charge in [0.1, 0.15) is 5.69 Å². The third-order valence-electron chi connectivity index (χ3n) is 3.28. The fourth-order valence-corrected chi connectivity index (χ4v) is 2.61. The van der Waals surface area contributed by atoms with E-state index in [1.54, 1.807) is 17.5 Å². The molecule has 118 valence electrons. The van der Waals surface area contributed by atoms with Crippen molar-refractivity contribution < 1.29 is 19.5 Å². The van der Waals surface area contributed by atoms with E-state index in [1.807, 2.05) is 0 Å². The molecule has 0 unspecified atom stereocenters. The van der Waals surface area contributed by atoms with Crippen LogP contribution in [0.4, 0.5) is 10.8 Å². The summed E-state index contributed by atoms with van der Waals surface area (Å²) in [6.07, 6.45) is 1.79. The molecule has 0 aliphatic heterocycles. The van der Waals surface area contributed by atoms with Crippen molar-refractivity contribution in [2.45, 2.75) is 12.8 Å². The molecule has 8 heteroatoms. The second-order valence-corrected chi connectivity index (χ2v) is 6.00. The Morgan fingerprint density at radius 1 is 1.22 bits per heavy atom. The Hall–Kier alpha value is -2.74. The number of carbonyl (C=O) groups excluding carboxylic acids is 2. The molecule has 7 nitrogen and oxygen atoms in total. The van der Waals surface area contributed by atoms with Gasteiger partial charge >= 0.3 is 5.97 Å². The minimum atomic E-state index is -1.07. The summed E-state index contributed by atoms with van der Waals surface area (Å²) in [5, 5.41) is 16.1. The first-order chi connectivity index (χ1) is 11.0. The van der Waals surface area contributed by atoms with Gasteiger partial charge in [0.05, 0.1) is 5.56 Å². The smallest absolute Gasteiger partial charge is 0.335 e. The molecule has 0 spiro atoms. The number of nitrogens with one attached hydrogen (secondary N) is 2. The van der Waals surface area contributed by atoms with Crippen LogP contribution in [-0.2, 0) is 4.79 Å². The van der Waals surface area contributed by atoms with E-state index in [0.29, 0.717) is 10.8 Å². The van der Waals surface area contributed by atoms with Crippen molar-refractivity contribution in [3.8, 4) is 0 Å². The molecular formula is C15H13N3O4S. The zero-order valence-electron chi connectivity index (χ0n) is 11.9. The minimum absolute atomic E-state index is 0.0648. The Morgan fingerprint density at radius 2 is 2.00 bits per heavy atom. The van der Waals surface area contributed by atoms with E-state index in [2.05, 4.69) is 15.6 Å². The lowest BCUT2D eigenvalue weighted by Crippen LogP contribution is -2.15. The Labute approximate surface area is 135 Å². The summed E-state index contributed by atoms with van der Waals surface area (Å²) >= 11 is 1.17. The number of rotatable bonds is 5. The van der Waals surface area contributed by atoms with Gasteiger partial charge < -0.3 is 15.7 Å². The molecule has 1 aromatic carbocycles. The van der Waals surface area contributed by atoms with Crippen molar-refractivity contribution in [1.29, 1.82) is 0 Å². The molecule has 0 radical (unpaired) electrons. The molecule has 1 aliphatic rings. The summed E-state index contributed by atoms with van der Waals surface area (Å²) in [4.78, 5) is 38.7. The van der Waals surface area contributed by atoms with Gasteiger partial charge in [0, 0.05) is 17.0 Å².